The Morgan fingerprint density at radius 3 is 2.55 bits per heavy atom. The lowest BCUT2D eigenvalue weighted by molar-refractivity contribution is -0.117. The Hall–Kier alpha value is -2.80. The average Bonchev–Trinajstić information content (AvgIpc) is 3.11. The number of ether oxygens (including phenoxy) is 1. The first-order valence-electron chi connectivity index (χ1n) is 9.49. The van der Waals surface area contributed by atoms with Gasteiger partial charge in [0.1, 0.15) is 5.75 Å². The minimum atomic E-state index is -0.724. The highest BCUT2D eigenvalue weighted by molar-refractivity contribution is 8.01. The van der Waals surface area contributed by atoms with Gasteiger partial charge in [0.05, 0.1) is 11.9 Å². The molecule has 6 nitrogen and oxygen atoms in total. The number of aryl methyl sites for hydroxylation is 1. The van der Waals surface area contributed by atoms with Crippen molar-refractivity contribution in [2.75, 3.05) is 12.4 Å². The van der Waals surface area contributed by atoms with Crippen LogP contribution in [0.25, 0.3) is 11.4 Å². The van der Waals surface area contributed by atoms with Crippen molar-refractivity contribution in [3.8, 4) is 17.1 Å². The van der Waals surface area contributed by atoms with Crippen molar-refractivity contribution < 1.29 is 9.53 Å². The summed E-state index contributed by atoms with van der Waals surface area (Å²) in [4.78, 5) is 12.8. The van der Waals surface area contributed by atoms with Gasteiger partial charge in [-0.2, -0.15) is 0 Å². The Bertz CT molecular complexity index is 999. The summed E-state index contributed by atoms with van der Waals surface area (Å²) < 4.78 is 6.74. The number of benzene rings is 2. The molecule has 0 aliphatic carbocycles. The summed E-state index contributed by atoms with van der Waals surface area (Å²) in [6.45, 7) is 8.51. The highest BCUT2D eigenvalue weighted by atomic mass is 32.2. The second-order valence-electron chi connectivity index (χ2n) is 7.17. The molecule has 0 radical (unpaired) electrons. The van der Waals surface area contributed by atoms with Gasteiger partial charge in [0, 0.05) is 17.8 Å². The number of thioether (sulfide) groups is 1. The standard InChI is InChI=1S/C22H26N4O2S/c1-6-26-19(16-13-12-15(2)18(14-16)28-5)24-25-21(26)29-22(3,4)20(27)23-17-10-8-7-9-11-17/h7-14H,6H2,1-5H3,(H,23,27). The maximum Gasteiger partial charge on any atom is 0.240 e. The Kier molecular flexibility index (Phi) is 6.27. The molecule has 0 atom stereocenters. The van der Waals surface area contributed by atoms with E-state index in [4.69, 9.17) is 4.74 Å². The summed E-state index contributed by atoms with van der Waals surface area (Å²) in [6.07, 6.45) is 0. The van der Waals surface area contributed by atoms with Gasteiger partial charge in [0.2, 0.25) is 5.91 Å². The van der Waals surface area contributed by atoms with Gasteiger partial charge in [-0.15, -0.1) is 10.2 Å². The third kappa shape index (κ3) is 4.62. The Labute approximate surface area is 175 Å². The number of rotatable bonds is 7. The Morgan fingerprint density at radius 1 is 1.17 bits per heavy atom. The molecule has 1 amide bonds. The largest absolute Gasteiger partial charge is 0.496 e. The van der Waals surface area contributed by atoms with Gasteiger partial charge in [0.15, 0.2) is 11.0 Å². The van der Waals surface area contributed by atoms with Crippen molar-refractivity contribution in [2.24, 2.45) is 0 Å². The lowest BCUT2D eigenvalue weighted by Crippen LogP contribution is -2.34. The molecule has 2 aromatic carbocycles. The summed E-state index contributed by atoms with van der Waals surface area (Å²) in [7, 11) is 1.66. The van der Waals surface area contributed by atoms with Crippen LogP contribution in [0.2, 0.25) is 0 Å². The molecule has 0 bridgehead atoms. The monoisotopic (exact) mass is 410 g/mol. The fourth-order valence-electron chi connectivity index (χ4n) is 2.90. The van der Waals surface area contributed by atoms with Crippen LogP contribution in [0.5, 0.6) is 5.75 Å². The summed E-state index contributed by atoms with van der Waals surface area (Å²) in [5, 5.41) is 12.4. The number of methoxy groups -OCH3 is 1. The topological polar surface area (TPSA) is 69.0 Å². The van der Waals surface area contributed by atoms with E-state index in [2.05, 4.69) is 15.5 Å². The molecule has 0 saturated carbocycles. The van der Waals surface area contributed by atoms with Gasteiger partial charge in [-0.25, -0.2) is 0 Å². The zero-order valence-corrected chi connectivity index (χ0v) is 18.2. The number of nitrogens with one attached hydrogen (secondary N) is 1. The molecule has 0 unspecified atom stereocenters. The van der Waals surface area contributed by atoms with E-state index in [0.29, 0.717) is 11.7 Å². The van der Waals surface area contributed by atoms with E-state index in [1.807, 2.05) is 80.8 Å². The zero-order chi connectivity index (χ0) is 21.0. The van der Waals surface area contributed by atoms with Crippen molar-refractivity contribution in [1.29, 1.82) is 0 Å². The van der Waals surface area contributed by atoms with Crippen LogP contribution >= 0.6 is 11.8 Å². The number of nitrogens with zero attached hydrogens (tertiary/aromatic N) is 3. The van der Waals surface area contributed by atoms with E-state index in [0.717, 1.165) is 28.4 Å². The van der Waals surface area contributed by atoms with Crippen LogP contribution in [0.15, 0.2) is 53.7 Å². The molecule has 29 heavy (non-hydrogen) atoms. The second-order valence-corrected chi connectivity index (χ2v) is 8.76. The van der Waals surface area contributed by atoms with Crippen molar-refractivity contribution in [2.45, 2.75) is 44.1 Å². The molecule has 1 N–H and O–H groups in total. The van der Waals surface area contributed by atoms with E-state index < -0.39 is 4.75 Å². The van der Waals surface area contributed by atoms with Crippen LogP contribution in [0, 0.1) is 6.92 Å². The van der Waals surface area contributed by atoms with Crippen LogP contribution in [0.4, 0.5) is 5.69 Å². The fourth-order valence-corrected chi connectivity index (χ4v) is 3.91. The molecule has 0 spiro atoms. The van der Waals surface area contributed by atoms with Gasteiger partial charge in [-0.1, -0.05) is 42.1 Å². The fraction of sp³-hybridized carbons (Fsp3) is 0.318. The lowest BCUT2D eigenvalue weighted by Gasteiger charge is -2.22. The van der Waals surface area contributed by atoms with Gasteiger partial charge < -0.3 is 14.6 Å². The van der Waals surface area contributed by atoms with E-state index >= 15 is 0 Å². The van der Waals surface area contributed by atoms with Gasteiger partial charge in [-0.3, -0.25) is 4.79 Å². The molecule has 3 rings (SSSR count). The second kappa shape index (κ2) is 8.69. The molecule has 0 aliphatic heterocycles. The van der Waals surface area contributed by atoms with Crippen LogP contribution in [0.1, 0.15) is 26.3 Å². The number of amides is 1. The molecule has 1 heterocycles. The predicted octanol–water partition coefficient (Wildman–Crippen LogP) is 4.79. The molecule has 7 heteroatoms. The van der Waals surface area contributed by atoms with E-state index in [1.165, 1.54) is 11.8 Å². The normalized spacial score (nSPS) is 11.3. The highest BCUT2D eigenvalue weighted by Gasteiger charge is 2.32. The van der Waals surface area contributed by atoms with E-state index in [1.54, 1.807) is 7.11 Å². The van der Waals surface area contributed by atoms with Crippen molar-refractivity contribution in [1.82, 2.24) is 14.8 Å². The number of para-hydroxylation sites is 1. The maximum atomic E-state index is 12.8. The van der Waals surface area contributed by atoms with E-state index in [-0.39, 0.29) is 5.91 Å². The quantitative estimate of drug-likeness (QED) is 0.567. The first-order chi connectivity index (χ1) is 13.9. The SMILES string of the molecule is CCn1c(SC(C)(C)C(=O)Nc2ccccc2)nnc1-c1ccc(C)c(OC)c1. The third-order valence-electron chi connectivity index (χ3n) is 4.62. The molecule has 152 valence electrons. The van der Waals surface area contributed by atoms with Crippen LogP contribution in [0.3, 0.4) is 0 Å². The van der Waals surface area contributed by atoms with Crippen molar-refractivity contribution >= 4 is 23.4 Å². The van der Waals surface area contributed by atoms with Crippen molar-refractivity contribution in [3.63, 3.8) is 0 Å². The lowest BCUT2D eigenvalue weighted by atomic mass is 10.1. The Balaban J connectivity index is 1.85. The molecule has 0 aliphatic rings. The van der Waals surface area contributed by atoms with Gasteiger partial charge >= 0.3 is 0 Å². The van der Waals surface area contributed by atoms with Crippen molar-refractivity contribution in [3.05, 3.63) is 54.1 Å². The molecule has 1 aromatic heterocycles. The zero-order valence-electron chi connectivity index (χ0n) is 17.4. The molecular weight excluding hydrogens is 384 g/mol. The Morgan fingerprint density at radius 2 is 1.90 bits per heavy atom. The highest BCUT2D eigenvalue weighted by Crippen LogP contribution is 2.35. The first-order valence-corrected chi connectivity index (χ1v) is 10.3. The van der Waals surface area contributed by atoms with E-state index in [9.17, 15) is 4.79 Å². The average molecular weight is 411 g/mol. The number of carbonyl (C=O) groups is 1. The minimum Gasteiger partial charge on any atom is -0.496 e. The summed E-state index contributed by atoms with van der Waals surface area (Å²) >= 11 is 1.40. The number of hydrogen-bond acceptors (Lipinski definition) is 5. The number of anilines is 1. The molecular formula is C22H26N4O2S. The summed E-state index contributed by atoms with van der Waals surface area (Å²) in [6, 6.07) is 15.4. The molecule has 0 saturated heterocycles. The smallest absolute Gasteiger partial charge is 0.240 e. The van der Waals surface area contributed by atoms with Crippen LogP contribution in [-0.2, 0) is 11.3 Å². The minimum absolute atomic E-state index is 0.0853. The number of hydrogen-bond donors (Lipinski definition) is 1. The number of carbonyl (C=O) groups excluding carboxylic acids is 1. The summed E-state index contributed by atoms with van der Waals surface area (Å²) in [5.74, 6) is 1.48. The number of aromatic nitrogens is 3. The van der Waals surface area contributed by atoms with Gasteiger partial charge in [-0.05, 0) is 51.5 Å². The maximum absolute atomic E-state index is 12.8. The predicted molar refractivity (Wildman–Crippen MR) is 117 cm³/mol. The molecule has 0 fully saturated rings. The van der Waals surface area contributed by atoms with Crippen LogP contribution in [-0.4, -0.2) is 32.5 Å². The first kappa shape index (κ1) is 20.9. The van der Waals surface area contributed by atoms with Gasteiger partial charge in [0.25, 0.3) is 0 Å². The van der Waals surface area contributed by atoms with Crippen LogP contribution < -0.4 is 10.1 Å². The third-order valence-corrected chi connectivity index (χ3v) is 5.80. The summed E-state index contributed by atoms with van der Waals surface area (Å²) in [5.41, 5.74) is 2.77. The molecule has 3 aromatic rings.